The van der Waals surface area contributed by atoms with Crippen LogP contribution in [0.15, 0.2) is 54.6 Å². The van der Waals surface area contributed by atoms with Crippen LogP contribution in [-0.2, 0) is 15.5 Å². The van der Waals surface area contributed by atoms with Gasteiger partial charge in [0.25, 0.3) is 0 Å². The van der Waals surface area contributed by atoms with Crippen LogP contribution < -0.4 is 0 Å². The van der Waals surface area contributed by atoms with Crippen molar-refractivity contribution in [3.63, 3.8) is 0 Å². The van der Waals surface area contributed by atoms with E-state index in [0.29, 0.717) is 6.42 Å². The summed E-state index contributed by atoms with van der Waals surface area (Å²) in [5.41, 5.74) is 3.17. The van der Waals surface area contributed by atoms with Gasteiger partial charge in [0.15, 0.2) is 0 Å². The number of hydrogen-bond acceptors (Lipinski definition) is 2. The standard InChI is InChI=1S/C15H15O3P/c1-12-7-9-13(10-8-12)11-15(18-19(16)17)14-5-3-2-4-6-14/h2-10,15H,11H2,1H3/p+1. The lowest BCUT2D eigenvalue weighted by Gasteiger charge is -2.11. The van der Waals surface area contributed by atoms with Gasteiger partial charge < -0.3 is 0 Å². The number of rotatable bonds is 5. The van der Waals surface area contributed by atoms with Crippen molar-refractivity contribution in [2.45, 2.75) is 19.4 Å². The highest BCUT2D eigenvalue weighted by atomic mass is 31.1. The van der Waals surface area contributed by atoms with Gasteiger partial charge in [-0.1, -0.05) is 60.2 Å². The third-order valence-corrected chi connectivity index (χ3v) is 3.37. The summed E-state index contributed by atoms with van der Waals surface area (Å²) in [6.07, 6.45) is 0.170. The Morgan fingerprint density at radius 2 is 1.74 bits per heavy atom. The van der Waals surface area contributed by atoms with Gasteiger partial charge in [0.05, 0.1) is 0 Å². The summed E-state index contributed by atoms with van der Waals surface area (Å²) in [5.74, 6) is 0. The number of hydrogen-bond donors (Lipinski definition) is 1. The van der Waals surface area contributed by atoms with Gasteiger partial charge in [0.2, 0.25) is 0 Å². The Labute approximate surface area is 113 Å². The van der Waals surface area contributed by atoms with Crippen LogP contribution in [0, 0.1) is 6.92 Å². The molecule has 2 aromatic carbocycles. The molecule has 0 saturated heterocycles. The zero-order valence-corrected chi connectivity index (χ0v) is 11.6. The fraction of sp³-hybridized carbons (Fsp3) is 0.200. The van der Waals surface area contributed by atoms with Crippen LogP contribution in [-0.4, -0.2) is 4.89 Å². The van der Waals surface area contributed by atoms with Gasteiger partial charge in [0, 0.05) is 11.0 Å². The van der Waals surface area contributed by atoms with E-state index in [4.69, 9.17) is 9.42 Å². The fourth-order valence-corrected chi connectivity index (χ4v) is 2.34. The average Bonchev–Trinajstić information content (AvgIpc) is 2.41. The maximum absolute atomic E-state index is 11.0. The molecule has 2 unspecified atom stereocenters. The lowest BCUT2D eigenvalue weighted by molar-refractivity contribution is 0.191. The van der Waals surface area contributed by atoms with Crippen LogP contribution in [0.1, 0.15) is 22.8 Å². The Morgan fingerprint density at radius 3 is 2.32 bits per heavy atom. The molecule has 2 aromatic rings. The van der Waals surface area contributed by atoms with Crippen molar-refractivity contribution < 1.29 is 14.0 Å². The molecular weight excluding hydrogens is 259 g/mol. The van der Waals surface area contributed by atoms with Crippen molar-refractivity contribution in [1.82, 2.24) is 0 Å². The molecule has 2 rings (SSSR count). The maximum Gasteiger partial charge on any atom is 0.695 e. The maximum atomic E-state index is 11.0. The zero-order valence-electron chi connectivity index (χ0n) is 10.7. The van der Waals surface area contributed by atoms with E-state index in [0.717, 1.165) is 11.1 Å². The Hall–Kier alpha value is -1.54. The molecule has 19 heavy (non-hydrogen) atoms. The molecule has 4 heteroatoms. The third kappa shape index (κ3) is 4.25. The first kappa shape index (κ1) is 13.9. The molecule has 0 bridgehead atoms. The first-order chi connectivity index (χ1) is 9.15. The molecule has 3 nitrogen and oxygen atoms in total. The van der Waals surface area contributed by atoms with Crippen molar-refractivity contribution in [2.75, 3.05) is 0 Å². The zero-order chi connectivity index (χ0) is 13.7. The van der Waals surface area contributed by atoms with Crippen molar-refractivity contribution in [1.29, 1.82) is 0 Å². The molecule has 1 N–H and O–H groups in total. The summed E-state index contributed by atoms with van der Waals surface area (Å²) in [6, 6.07) is 17.6. The predicted octanol–water partition coefficient (Wildman–Crippen LogP) is 3.95. The molecule has 0 aliphatic heterocycles. The SMILES string of the molecule is Cc1ccc(CC(O[P+](=O)O)c2ccccc2)cc1. The van der Waals surface area contributed by atoms with Gasteiger partial charge >= 0.3 is 8.25 Å². The predicted molar refractivity (Wildman–Crippen MR) is 75.0 cm³/mol. The minimum absolute atomic E-state index is 0.405. The second-order valence-electron chi connectivity index (χ2n) is 4.43. The van der Waals surface area contributed by atoms with E-state index in [-0.39, 0.29) is 0 Å². The molecule has 0 aromatic heterocycles. The molecule has 0 saturated carbocycles. The van der Waals surface area contributed by atoms with Crippen LogP contribution in [0.25, 0.3) is 0 Å². The average molecular weight is 275 g/mol. The van der Waals surface area contributed by atoms with E-state index in [1.807, 2.05) is 61.5 Å². The summed E-state index contributed by atoms with van der Waals surface area (Å²) in [6.45, 7) is 2.03. The monoisotopic (exact) mass is 275 g/mol. The van der Waals surface area contributed by atoms with E-state index in [1.54, 1.807) is 0 Å². The summed E-state index contributed by atoms with van der Waals surface area (Å²) in [5, 5.41) is 0. The lowest BCUT2D eigenvalue weighted by Crippen LogP contribution is -2.04. The van der Waals surface area contributed by atoms with E-state index in [1.165, 1.54) is 5.56 Å². The minimum atomic E-state index is -2.62. The molecule has 2 atom stereocenters. The summed E-state index contributed by atoms with van der Waals surface area (Å²) >= 11 is 0. The molecule has 98 valence electrons. The molecule has 0 spiro atoms. The highest BCUT2D eigenvalue weighted by Gasteiger charge is 2.24. The van der Waals surface area contributed by atoms with Crippen LogP contribution >= 0.6 is 8.25 Å². The Morgan fingerprint density at radius 1 is 1.11 bits per heavy atom. The van der Waals surface area contributed by atoms with E-state index < -0.39 is 14.4 Å². The molecule has 0 aliphatic carbocycles. The topological polar surface area (TPSA) is 46.5 Å². The first-order valence-electron chi connectivity index (χ1n) is 6.08. The van der Waals surface area contributed by atoms with E-state index in [9.17, 15) is 4.57 Å². The lowest BCUT2D eigenvalue weighted by atomic mass is 10.0. The number of aryl methyl sites for hydroxylation is 1. The van der Waals surface area contributed by atoms with Crippen molar-refractivity contribution in [3.05, 3.63) is 71.3 Å². The quantitative estimate of drug-likeness (QED) is 0.840. The largest absolute Gasteiger partial charge is 0.695 e. The van der Waals surface area contributed by atoms with Crippen molar-refractivity contribution in [2.24, 2.45) is 0 Å². The summed E-state index contributed by atoms with van der Waals surface area (Å²) < 4.78 is 16.1. The van der Waals surface area contributed by atoms with Gasteiger partial charge in [-0.05, 0) is 18.1 Å². The number of benzene rings is 2. The molecule has 0 amide bonds. The van der Waals surface area contributed by atoms with Gasteiger partial charge in [-0.15, -0.1) is 9.42 Å². The Bertz CT molecular complexity index is 537. The Kier molecular flexibility index (Phi) is 4.80. The Balaban J connectivity index is 2.19. The van der Waals surface area contributed by atoms with E-state index >= 15 is 0 Å². The highest BCUT2D eigenvalue weighted by Crippen LogP contribution is 2.31. The van der Waals surface area contributed by atoms with Crippen LogP contribution in [0.4, 0.5) is 0 Å². The highest BCUT2D eigenvalue weighted by molar-refractivity contribution is 7.32. The van der Waals surface area contributed by atoms with Gasteiger partial charge in [-0.3, -0.25) is 0 Å². The normalized spacial score (nSPS) is 13.1. The summed E-state index contributed by atoms with van der Waals surface area (Å²) in [4.78, 5) is 8.99. The molecule has 0 aliphatic rings. The summed E-state index contributed by atoms with van der Waals surface area (Å²) in [7, 11) is -2.62. The van der Waals surface area contributed by atoms with Gasteiger partial charge in [-0.2, -0.15) is 0 Å². The minimum Gasteiger partial charge on any atom is -0.133 e. The fourth-order valence-electron chi connectivity index (χ4n) is 1.93. The first-order valence-corrected chi connectivity index (χ1v) is 7.21. The van der Waals surface area contributed by atoms with E-state index in [2.05, 4.69) is 0 Å². The van der Waals surface area contributed by atoms with Crippen molar-refractivity contribution in [3.8, 4) is 0 Å². The van der Waals surface area contributed by atoms with Crippen LogP contribution in [0.5, 0.6) is 0 Å². The molecule has 0 heterocycles. The van der Waals surface area contributed by atoms with Crippen LogP contribution in [0.2, 0.25) is 0 Å². The smallest absolute Gasteiger partial charge is 0.133 e. The second-order valence-corrected chi connectivity index (χ2v) is 5.12. The van der Waals surface area contributed by atoms with Gasteiger partial charge in [-0.25, -0.2) is 0 Å². The molecular formula is C15H16O3P+. The van der Waals surface area contributed by atoms with Crippen LogP contribution in [0.3, 0.4) is 0 Å². The molecule has 0 fully saturated rings. The van der Waals surface area contributed by atoms with Gasteiger partial charge in [0.1, 0.15) is 6.10 Å². The third-order valence-electron chi connectivity index (χ3n) is 2.93. The molecule has 0 radical (unpaired) electrons. The second kappa shape index (κ2) is 6.58. The van der Waals surface area contributed by atoms with Crippen molar-refractivity contribution >= 4 is 8.25 Å².